The van der Waals surface area contributed by atoms with E-state index < -0.39 is 16.1 Å². The molecule has 2 N–H and O–H groups in total. The summed E-state index contributed by atoms with van der Waals surface area (Å²) in [6.45, 7) is 1.77. The van der Waals surface area contributed by atoms with Gasteiger partial charge in [-0.1, -0.05) is 24.3 Å². The van der Waals surface area contributed by atoms with Crippen molar-refractivity contribution in [2.45, 2.75) is 38.8 Å². The highest BCUT2D eigenvalue weighted by Crippen LogP contribution is 2.30. The number of carbonyl (C=O) groups is 2. The molecule has 0 radical (unpaired) electrons. The van der Waals surface area contributed by atoms with Gasteiger partial charge in [-0.2, -0.15) is 4.31 Å². The fourth-order valence-electron chi connectivity index (χ4n) is 3.63. The number of anilines is 2. The van der Waals surface area contributed by atoms with Crippen LogP contribution in [0.5, 0.6) is 0 Å². The van der Waals surface area contributed by atoms with Crippen LogP contribution in [0.2, 0.25) is 0 Å². The Morgan fingerprint density at radius 2 is 1.50 bits per heavy atom. The standard InChI is InChI=1S/C22H25N3O4S/c1-2-30(28,29)25-14-17-6-4-3-5-16(17)13-20(25)22(27)24-19-11-9-18(10-12-19)23-21(26)15-7-8-15/h3-6,9-12,15,20H,2,7-8,13-14H2,1H3,(H,23,26)(H,24,27)/t20-/m0/s1. The van der Waals surface area contributed by atoms with Crippen LogP contribution < -0.4 is 10.6 Å². The summed E-state index contributed by atoms with van der Waals surface area (Å²) in [5, 5.41) is 5.68. The highest BCUT2D eigenvalue weighted by Gasteiger charge is 2.38. The molecule has 2 aromatic rings. The lowest BCUT2D eigenvalue weighted by Crippen LogP contribution is -2.51. The molecule has 1 heterocycles. The first kappa shape index (κ1) is 20.6. The van der Waals surface area contributed by atoms with Crippen LogP contribution in [0.3, 0.4) is 0 Å². The molecule has 2 amide bonds. The van der Waals surface area contributed by atoms with Crippen LogP contribution in [0.25, 0.3) is 0 Å². The second-order valence-electron chi connectivity index (χ2n) is 7.76. The van der Waals surface area contributed by atoms with Crippen molar-refractivity contribution in [2.24, 2.45) is 5.92 Å². The molecule has 8 heteroatoms. The number of nitrogens with zero attached hydrogens (tertiary/aromatic N) is 1. The molecule has 158 valence electrons. The van der Waals surface area contributed by atoms with Gasteiger partial charge in [-0.25, -0.2) is 8.42 Å². The third-order valence-corrected chi connectivity index (χ3v) is 7.43. The fraction of sp³-hybridized carbons (Fsp3) is 0.364. The number of fused-ring (bicyclic) bond motifs is 1. The maximum Gasteiger partial charge on any atom is 0.243 e. The largest absolute Gasteiger partial charge is 0.326 e. The summed E-state index contributed by atoms with van der Waals surface area (Å²) < 4.78 is 26.6. The lowest BCUT2D eigenvalue weighted by Gasteiger charge is -2.34. The first-order valence-electron chi connectivity index (χ1n) is 10.2. The first-order chi connectivity index (χ1) is 14.4. The van der Waals surface area contributed by atoms with Crippen LogP contribution in [0, 0.1) is 5.92 Å². The minimum Gasteiger partial charge on any atom is -0.326 e. The molecular formula is C22H25N3O4S. The van der Waals surface area contributed by atoms with Gasteiger partial charge in [0, 0.05) is 23.8 Å². The highest BCUT2D eigenvalue weighted by atomic mass is 32.2. The molecule has 0 saturated heterocycles. The van der Waals surface area contributed by atoms with Gasteiger partial charge in [0.05, 0.1) is 5.75 Å². The predicted molar refractivity (Wildman–Crippen MR) is 115 cm³/mol. The van der Waals surface area contributed by atoms with E-state index in [-0.39, 0.29) is 30.0 Å². The number of nitrogens with one attached hydrogen (secondary N) is 2. The van der Waals surface area contributed by atoms with Gasteiger partial charge in [0.1, 0.15) is 6.04 Å². The SMILES string of the molecule is CCS(=O)(=O)N1Cc2ccccc2C[C@H]1C(=O)Nc1ccc(NC(=O)C2CC2)cc1. The topological polar surface area (TPSA) is 95.6 Å². The Kier molecular flexibility index (Phi) is 5.62. The van der Waals surface area contributed by atoms with E-state index in [2.05, 4.69) is 10.6 Å². The lowest BCUT2D eigenvalue weighted by molar-refractivity contribution is -0.120. The lowest BCUT2D eigenvalue weighted by atomic mass is 9.95. The van der Waals surface area contributed by atoms with E-state index in [4.69, 9.17) is 0 Å². The van der Waals surface area contributed by atoms with Crippen molar-refractivity contribution in [3.8, 4) is 0 Å². The van der Waals surface area contributed by atoms with Crippen molar-refractivity contribution in [2.75, 3.05) is 16.4 Å². The number of amides is 2. The van der Waals surface area contributed by atoms with Crippen molar-refractivity contribution >= 4 is 33.2 Å². The summed E-state index contributed by atoms with van der Waals surface area (Å²) >= 11 is 0. The van der Waals surface area contributed by atoms with E-state index in [0.717, 1.165) is 24.0 Å². The molecule has 2 aliphatic rings. The van der Waals surface area contributed by atoms with Crippen LogP contribution in [-0.4, -0.2) is 36.3 Å². The van der Waals surface area contributed by atoms with Crippen molar-refractivity contribution < 1.29 is 18.0 Å². The highest BCUT2D eigenvalue weighted by molar-refractivity contribution is 7.89. The zero-order chi connectivity index (χ0) is 21.3. The van der Waals surface area contributed by atoms with Gasteiger partial charge in [-0.15, -0.1) is 0 Å². The summed E-state index contributed by atoms with van der Waals surface area (Å²) in [4.78, 5) is 24.9. The molecule has 1 aliphatic heterocycles. The fourth-order valence-corrected chi connectivity index (χ4v) is 4.86. The van der Waals surface area contributed by atoms with Gasteiger partial charge in [0.15, 0.2) is 0 Å². The molecule has 1 saturated carbocycles. The molecule has 30 heavy (non-hydrogen) atoms. The Balaban J connectivity index is 1.49. The first-order valence-corrected chi connectivity index (χ1v) is 11.8. The van der Waals surface area contributed by atoms with Gasteiger partial charge in [0.2, 0.25) is 21.8 Å². The van der Waals surface area contributed by atoms with Gasteiger partial charge >= 0.3 is 0 Å². The molecule has 1 aliphatic carbocycles. The van der Waals surface area contributed by atoms with Gasteiger partial charge in [-0.3, -0.25) is 9.59 Å². The molecule has 1 atom stereocenters. The van der Waals surface area contributed by atoms with Gasteiger partial charge in [0.25, 0.3) is 0 Å². The second kappa shape index (κ2) is 8.20. The molecule has 0 aromatic heterocycles. The molecule has 0 spiro atoms. The normalized spacial score (nSPS) is 19.0. The van der Waals surface area contributed by atoms with Crippen molar-refractivity contribution in [1.29, 1.82) is 0 Å². The van der Waals surface area contributed by atoms with E-state index in [1.165, 1.54) is 4.31 Å². The molecule has 7 nitrogen and oxygen atoms in total. The maximum atomic E-state index is 13.0. The number of rotatable bonds is 6. The predicted octanol–water partition coefficient (Wildman–Crippen LogP) is 2.75. The molecule has 4 rings (SSSR count). The summed E-state index contributed by atoms with van der Waals surface area (Å²) in [5.74, 6) is -0.289. The minimum atomic E-state index is -3.55. The van der Waals surface area contributed by atoms with Crippen LogP contribution in [-0.2, 0) is 32.6 Å². The van der Waals surface area contributed by atoms with E-state index in [1.54, 1.807) is 31.2 Å². The van der Waals surface area contributed by atoms with Gasteiger partial charge in [-0.05, 0) is 61.6 Å². The second-order valence-corrected chi connectivity index (χ2v) is 9.97. The number of benzene rings is 2. The summed E-state index contributed by atoms with van der Waals surface area (Å²) in [7, 11) is -3.55. The van der Waals surface area contributed by atoms with Crippen LogP contribution in [0.4, 0.5) is 11.4 Å². The number of carbonyl (C=O) groups excluding carboxylic acids is 2. The smallest absolute Gasteiger partial charge is 0.243 e. The van der Waals surface area contributed by atoms with Crippen molar-refractivity contribution in [3.63, 3.8) is 0 Å². The third-order valence-electron chi connectivity index (χ3n) is 5.60. The molecule has 0 unspecified atom stereocenters. The monoisotopic (exact) mass is 427 g/mol. The molecule has 0 bridgehead atoms. The average Bonchev–Trinajstić information content (AvgIpc) is 3.59. The van der Waals surface area contributed by atoms with E-state index in [0.29, 0.717) is 17.8 Å². The number of sulfonamides is 1. The zero-order valence-corrected chi connectivity index (χ0v) is 17.6. The Labute approximate surface area is 176 Å². The van der Waals surface area contributed by atoms with Crippen LogP contribution in [0.1, 0.15) is 30.9 Å². The van der Waals surface area contributed by atoms with E-state index >= 15 is 0 Å². The van der Waals surface area contributed by atoms with E-state index in [9.17, 15) is 18.0 Å². The summed E-state index contributed by atoms with van der Waals surface area (Å²) in [6, 6.07) is 13.7. The molecule has 2 aromatic carbocycles. The zero-order valence-electron chi connectivity index (χ0n) is 16.8. The Morgan fingerprint density at radius 3 is 2.07 bits per heavy atom. The van der Waals surface area contributed by atoms with Gasteiger partial charge < -0.3 is 10.6 Å². The maximum absolute atomic E-state index is 13.0. The number of hydrogen-bond acceptors (Lipinski definition) is 4. The quantitative estimate of drug-likeness (QED) is 0.741. The molecular weight excluding hydrogens is 402 g/mol. The van der Waals surface area contributed by atoms with Crippen LogP contribution in [0.15, 0.2) is 48.5 Å². The minimum absolute atomic E-state index is 0.0214. The average molecular weight is 428 g/mol. The van der Waals surface area contributed by atoms with Crippen LogP contribution >= 0.6 is 0 Å². The Hall–Kier alpha value is -2.71. The number of hydrogen-bond donors (Lipinski definition) is 2. The Bertz CT molecular complexity index is 1060. The summed E-state index contributed by atoms with van der Waals surface area (Å²) in [5.41, 5.74) is 3.14. The summed E-state index contributed by atoms with van der Waals surface area (Å²) in [6.07, 6.45) is 2.19. The third kappa shape index (κ3) is 4.39. The van der Waals surface area contributed by atoms with E-state index in [1.807, 2.05) is 24.3 Å². The Morgan fingerprint density at radius 1 is 0.933 bits per heavy atom. The van der Waals surface area contributed by atoms with Crippen molar-refractivity contribution in [1.82, 2.24) is 4.31 Å². The molecule has 1 fully saturated rings. The van der Waals surface area contributed by atoms with Crippen molar-refractivity contribution in [3.05, 3.63) is 59.7 Å².